The number of anilines is 2. The largest absolute Gasteiger partial charge is 0.368 e. The summed E-state index contributed by atoms with van der Waals surface area (Å²) in [5, 5.41) is 0.139. The minimum absolute atomic E-state index is 0.121. The van der Waals surface area contributed by atoms with Gasteiger partial charge in [-0.05, 0) is 54.6 Å². The molecule has 0 saturated carbocycles. The molecule has 1 saturated heterocycles. The average molecular weight is 474 g/mol. The lowest BCUT2D eigenvalue weighted by Gasteiger charge is -2.36. The van der Waals surface area contributed by atoms with Gasteiger partial charge < -0.3 is 9.80 Å². The lowest BCUT2D eigenvalue weighted by molar-refractivity contribution is 0.0747. The van der Waals surface area contributed by atoms with E-state index in [4.69, 9.17) is 11.6 Å². The van der Waals surface area contributed by atoms with Crippen LogP contribution in [0.4, 0.5) is 15.8 Å². The zero-order valence-corrected chi connectivity index (χ0v) is 18.6. The molecule has 0 radical (unpaired) electrons. The molecule has 166 valence electrons. The number of hydrogen-bond donors (Lipinski definition) is 1. The van der Waals surface area contributed by atoms with E-state index in [0.29, 0.717) is 31.7 Å². The van der Waals surface area contributed by atoms with Crippen molar-refractivity contribution in [2.75, 3.05) is 35.8 Å². The Labute approximate surface area is 191 Å². The number of carbonyl (C=O) groups excluding carboxylic acids is 1. The molecule has 1 aliphatic heterocycles. The Bertz CT molecular complexity index is 1210. The van der Waals surface area contributed by atoms with Crippen molar-refractivity contribution in [1.29, 1.82) is 0 Å². The van der Waals surface area contributed by atoms with Gasteiger partial charge in [-0.2, -0.15) is 0 Å². The molecule has 0 bridgehead atoms. The van der Waals surface area contributed by atoms with Crippen LogP contribution in [0.1, 0.15) is 10.4 Å². The SMILES string of the molecule is O=C(c1ccc(NS(=O)(=O)c2ccccc2)c(Cl)c1)N1CCN(c2ccc(F)cc2)CC1. The summed E-state index contributed by atoms with van der Waals surface area (Å²) in [4.78, 5) is 16.9. The number of rotatable bonds is 5. The lowest BCUT2D eigenvalue weighted by atomic mass is 10.1. The van der Waals surface area contributed by atoms with E-state index in [-0.39, 0.29) is 27.3 Å². The van der Waals surface area contributed by atoms with Crippen LogP contribution in [0.2, 0.25) is 5.02 Å². The molecule has 6 nitrogen and oxygen atoms in total. The minimum atomic E-state index is -3.78. The first kappa shape index (κ1) is 22.1. The van der Waals surface area contributed by atoms with Crippen molar-refractivity contribution < 1.29 is 17.6 Å². The smallest absolute Gasteiger partial charge is 0.261 e. The maximum Gasteiger partial charge on any atom is 0.261 e. The van der Waals surface area contributed by atoms with Gasteiger partial charge in [0, 0.05) is 37.4 Å². The molecule has 0 aromatic heterocycles. The summed E-state index contributed by atoms with van der Waals surface area (Å²) in [5.74, 6) is -0.461. The van der Waals surface area contributed by atoms with Crippen LogP contribution < -0.4 is 9.62 Å². The fraction of sp³-hybridized carbons (Fsp3) is 0.174. The highest BCUT2D eigenvalue weighted by Crippen LogP contribution is 2.27. The molecular weight excluding hydrogens is 453 g/mol. The Hall–Kier alpha value is -3.10. The average Bonchev–Trinajstić information content (AvgIpc) is 2.81. The van der Waals surface area contributed by atoms with Gasteiger partial charge in [-0.15, -0.1) is 0 Å². The summed E-state index contributed by atoms with van der Waals surface area (Å²) in [6.07, 6.45) is 0. The van der Waals surface area contributed by atoms with Crippen molar-refractivity contribution in [2.24, 2.45) is 0 Å². The molecular formula is C23H21ClFN3O3S. The number of benzene rings is 3. The van der Waals surface area contributed by atoms with Crippen molar-refractivity contribution in [3.05, 3.63) is 89.2 Å². The molecule has 0 spiro atoms. The molecule has 1 heterocycles. The highest BCUT2D eigenvalue weighted by Gasteiger charge is 2.23. The van der Waals surface area contributed by atoms with E-state index in [0.717, 1.165) is 5.69 Å². The van der Waals surface area contributed by atoms with E-state index in [2.05, 4.69) is 9.62 Å². The zero-order valence-electron chi connectivity index (χ0n) is 17.0. The maximum atomic E-state index is 13.1. The van der Waals surface area contributed by atoms with Crippen LogP contribution in [0.25, 0.3) is 0 Å². The van der Waals surface area contributed by atoms with E-state index < -0.39 is 10.0 Å². The Kier molecular flexibility index (Phi) is 6.34. The number of halogens is 2. The molecule has 4 rings (SSSR count). The Morgan fingerprint density at radius 3 is 2.19 bits per heavy atom. The van der Waals surface area contributed by atoms with Crippen LogP contribution in [-0.2, 0) is 10.0 Å². The summed E-state index contributed by atoms with van der Waals surface area (Å²) in [6, 6.07) is 18.8. The number of hydrogen-bond acceptors (Lipinski definition) is 4. The van der Waals surface area contributed by atoms with Gasteiger partial charge in [0.05, 0.1) is 15.6 Å². The normalized spacial score (nSPS) is 14.3. The first-order chi connectivity index (χ1) is 15.3. The molecule has 3 aromatic carbocycles. The first-order valence-electron chi connectivity index (χ1n) is 10.0. The van der Waals surface area contributed by atoms with Crippen LogP contribution in [0.3, 0.4) is 0 Å². The van der Waals surface area contributed by atoms with Gasteiger partial charge in [-0.25, -0.2) is 12.8 Å². The van der Waals surface area contributed by atoms with Crippen LogP contribution in [0.5, 0.6) is 0 Å². The van der Waals surface area contributed by atoms with Crippen molar-refractivity contribution in [1.82, 2.24) is 4.90 Å². The lowest BCUT2D eigenvalue weighted by Crippen LogP contribution is -2.48. The highest BCUT2D eigenvalue weighted by molar-refractivity contribution is 7.92. The van der Waals surface area contributed by atoms with Gasteiger partial charge in [0.1, 0.15) is 5.82 Å². The van der Waals surface area contributed by atoms with Crippen LogP contribution >= 0.6 is 11.6 Å². The third-order valence-corrected chi connectivity index (χ3v) is 6.97. The highest BCUT2D eigenvalue weighted by atomic mass is 35.5. The monoisotopic (exact) mass is 473 g/mol. The predicted octanol–water partition coefficient (Wildman–Crippen LogP) is 4.24. The summed E-state index contributed by atoms with van der Waals surface area (Å²) < 4.78 is 40.6. The second-order valence-corrected chi connectivity index (χ2v) is 9.46. The van der Waals surface area contributed by atoms with Gasteiger partial charge in [-0.1, -0.05) is 29.8 Å². The fourth-order valence-corrected chi connectivity index (χ4v) is 4.92. The number of carbonyl (C=O) groups is 1. The van der Waals surface area contributed by atoms with E-state index in [1.807, 2.05) is 0 Å². The molecule has 9 heteroatoms. The van der Waals surface area contributed by atoms with Gasteiger partial charge in [0.25, 0.3) is 15.9 Å². The second kappa shape index (κ2) is 9.18. The zero-order chi connectivity index (χ0) is 22.7. The Balaban J connectivity index is 1.42. The molecule has 1 fully saturated rings. The van der Waals surface area contributed by atoms with Crippen LogP contribution in [0.15, 0.2) is 77.7 Å². The third kappa shape index (κ3) is 4.87. The second-order valence-electron chi connectivity index (χ2n) is 7.37. The Morgan fingerprint density at radius 2 is 1.56 bits per heavy atom. The number of piperazine rings is 1. The number of sulfonamides is 1. The summed E-state index contributed by atoms with van der Waals surface area (Å²) in [5.41, 5.74) is 1.50. The maximum absolute atomic E-state index is 13.1. The molecule has 0 unspecified atom stereocenters. The van der Waals surface area contributed by atoms with Gasteiger partial charge in [-0.3, -0.25) is 9.52 Å². The van der Waals surface area contributed by atoms with Crippen molar-refractivity contribution >= 4 is 38.9 Å². The summed E-state index contributed by atoms with van der Waals surface area (Å²) >= 11 is 6.29. The van der Waals surface area contributed by atoms with Crippen molar-refractivity contribution in [3.63, 3.8) is 0 Å². The molecule has 0 aliphatic carbocycles. The topological polar surface area (TPSA) is 69.7 Å². The third-order valence-electron chi connectivity index (χ3n) is 5.27. The van der Waals surface area contributed by atoms with Crippen LogP contribution in [-0.4, -0.2) is 45.4 Å². The van der Waals surface area contributed by atoms with Crippen molar-refractivity contribution in [3.8, 4) is 0 Å². The predicted molar refractivity (Wildman–Crippen MR) is 123 cm³/mol. The minimum Gasteiger partial charge on any atom is -0.368 e. The van der Waals surface area contributed by atoms with Crippen molar-refractivity contribution in [2.45, 2.75) is 4.90 Å². The van der Waals surface area contributed by atoms with Gasteiger partial charge in [0.15, 0.2) is 0 Å². The number of amides is 1. The van der Waals surface area contributed by atoms with E-state index in [1.54, 1.807) is 41.3 Å². The summed E-state index contributed by atoms with van der Waals surface area (Å²) in [7, 11) is -3.78. The Morgan fingerprint density at radius 1 is 0.906 bits per heavy atom. The standard InChI is InChI=1S/C23H21ClFN3O3S/c24-21-16-17(6-11-22(21)26-32(30,31)20-4-2-1-3-5-20)23(29)28-14-12-27(13-15-28)19-9-7-18(25)8-10-19/h1-11,16,26H,12-15H2. The van der Waals surface area contributed by atoms with Crippen LogP contribution in [0, 0.1) is 5.82 Å². The molecule has 0 atom stereocenters. The fourth-order valence-electron chi connectivity index (χ4n) is 3.54. The van der Waals surface area contributed by atoms with E-state index in [9.17, 15) is 17.6 Å². The van der Waals surface area contributed by atoms with E-state index in [1.165, 1.54) is 36.4 Å². The first-order valence-corrected chi connectivity index (χ1v) is 11.9. The summed E-state index contributed by atoms with van der Waals surface area (Å²) in [6.45, 7) is 2.27. The van der Waals surface area contributed by atoms with Gasteiger partial charge in [0.2, 0.25) is 0 Å². The quantitative estimate of drug-likeness (QED) is 0.601. The number of nitrogens with zero attached hydrogens (tertiary/aromatic N) is 2. The molecule has 3 aromatic rings. The molecule has 32 heavy (non-hydrogen) atoms. The molecule has 1 amide bonds. The van der Waals surface area contributed by atoms with Gasteiger partial charge >= 0.3 is 0 Å². The van der Waals surface area contributed by atoms with E-state index >= 15 is 0 Å². The number of nitrogens with one attached hydrogen (secondary N) is 1. The molecule has 1 aliphatic rings. The molecule has 1 N–H and O–H groups in total.